The van der Waals surface area contributed by atoms with Crippen LogP contribution in [-0.4, -0.2) is 43.7 Å². The van der Waals surface area contributed by atoms with E-state index in [1.54, 1.807) is 0 Å². The predicted molar refractivity (Wildman–Crippen MR) is 108 cm³/mol. The number of nitrogens with one attached hydrogen (secondary N) is 1. The summed E-state index contributed by atoms with van der Waals surface area (Å²) in [5, 5.41) is 15.2. The Labute approximate surface area is 175 Å². The molecule has 1 atom stereocenters. The molecule has 0 bridgehead atoms. The van der Waals surface area contributed by atoms with E-state index in [-0.39, 0.29) is 5.92 Å². The van der Waals surface area contributed by atoms with E-state index < -0.39 is 11.7 Å². The number of piperidine rings is 1. The van der Waals surface area contributed by atoms with E-state index in [0.717, 1.165) is 53.8 Å². The lowest BCUT2D eigenvalue weighted by Crippen LogP contribution is -2.35. The summed E-state index contributed by atoms with van der Waals surface area (Å²) in [6.45, 7) is 1.48. The van der Waals surface area contributed by atoms with Crippen LogP contribution >= 0.6 is 0 Å². The lowest BCUT2D eigenvalue weighted by Gasteiger charge is -2.33. The second kappa shape index (κ2) is 7.60. The zero-order valence-corrected chi connectivity index (χ0v) is 16.3. The molecule has 4 aromatic rings. The van der Waals surface area contributed by atoms with E-state index in [0.29, 0.717) is 17.9 Å². The zero-order valence-electron chi connectivity index (χ0n) is 16.3. The molecule has 1 aliphatic heterocycles. The van der Waals surface area contributed by atoms with Crippen molar-refractivity contribution in [3.05, 3.63) is 60.2 Å². The van der Waals surface area contributed by atoms with Gasteiger partial charge in [-0.1, -0.05) is 29.5 Å². The molecule has 1 unspecified atom stereocenters. The van der Waals surface area contributed by atoms with Gasteiger partial charge in [0.2, 0.25) is 0 Å². The fourth-order valence-corrected chi connectivity index (χ4v) is 4.13. The quantitative estimate of drug-likeness (QED) is 0.529. The van der Waals surface area contributed by atoms with E-state index in [1.165, 1.54) is 18.5 Å². The Morgan fingerprint density at radius 1 is 1.03 bits per heavy atom. The lowest BCUT2D eigenvalue weighted by molar-refractivity contribution is -0.137. The number of anilines is 1. The Hall–Kier alpha value is -3.56. The van der Waals surface area contributed by atoms with Crippen LogP contribution in [0.15, 0.2) is 48.8 Å². The molecule has 0 spiro atoms. The van der Waals surface area contributed by atoms with Gasteiger partial charge in [-0.25, -0.2) is 9.97 Å². The molecule has 31 heavy (non-hydrogen) atoms. The highest BCUT2D eigenvalue weighted by Crippen LogP contribution is 2.37. The van der Waals surface area contributed by atoms with Crippen molar-refractivity contribution in [2.75, 3.05) is 18.0 Å². The zero-order chi connectivity index (χ0) is 21.4. The van der Waals surface area contributed by atoms with Gasteiger partial charge >= 0.3 is 6.18 Å². The van der Waals surface area contributed by atoms with Gasteiger partial charge < -0.3 is 4.90 Å². The Morgan fingerprint density at radius 2 is 1.87 bits per heavy atom. The number of tetrazole rings is 1. The van der Waals surface area contributed by atoms with Crippen molar-refractivity contribution in [1.29, 1.82) is 0 Å². The summed E-state index contributed by atoms with van der Waals surface area (Å²) in [4.78, 5) is 11.1. The molecule has 0 radical (unpaired) electrons. The first-order chi connectivity index (χ1) is 15.0. The molecule has 158 valence electrons. The van der Waals surface area contributed by atoms with Crippen LogP contribution in [-0.2, 0) is 6.18 Å². The molecule has 0 saturated carbocycles. The number of hydrogen-bond donors (Lipinski definition) is 1. The molecule has 5 rings (SSSR count). The Kier molecular flexibility index (Phi) is 4.76. The smallest absolute Gasteiger partial charge is 0.355 e. The van der Waals surface area contributed by atoms with E-state index >= 15 is 0 Å². The largest absolute Gasteiger partial charge is 0.416 e. The molecule has 7 nitrogen and oxygen atoms in total. The van der Waals surface area contributed by atoms with Crippen molar-refractivity contribution in [2.45, 2.75) is 24.9 Å². The highest BCUT2D eigenvalue weighted by atomic mass is 19.4. The van der Waals surface area contributed by atoms with Gasteiger partial charge in [-0.05, 0) is 42.2 Å². The van der Waals surface area contributed by atoms with Crippen molar-refractivity contribution >= 4 is 16.7 Å². The third kappa shape index (κ3) is 3.69. The van der Waals surface area contributed by atoms with Gasteiger partial charge in [0.05, 0.1) is 16.5 Å². The monoisotopic (exact) mass is 425 g/mol. The summed E-state index contributed by atoms with van der Waals surface area (Å²) in [7, 11) is 0. The van der Waals surface area contributed by atoms with Gasteiger partial charge in [0.25, 0.3) is 0 Å². The third-order valence-corrected chi connectivity index (χ3v) is 5.61. The van der Waals surface area contributed by atoms with Gasteiger partial charge in [0.1, 0.15) is 12.1 Å². The molecule has 1 saturated heterocycles. The van der Waals surface area contributed by atoms with E-state index in [2.05, 4.69) is 35.5 Å². The molecule has 0 amide bonds. The SMILES string of the molecule is FC(F)(F)c1ccc(-c2cccc3ncnc(N4CCCC(c5nn[nH]n5)C4)c23)cc1. The van der Waals surface area contributed by atoms with Gasteiger partial charge in [-0.15, -0.1) is 10.2 Å². The van der Waals surface area contributed by atoms with Crippen molar-refractivity contribution in [1.82, 2.24) is 30.6 Å². The van der Waals surface area contributed by atoms with E-state index in [1.807, 2.05) is 18.2 Å². The van der Waals surface area contributed by atoms with E-state index in [9.17, 15) is 13.2 Å². The molecule has 0 aliphatic carbocycles. The van der Waals surface area contributed by atoms with Crippen LogP contribution in [0.3, 0.4) is 0 Å². The van der Waals surface area contributed by atoms with E-state index in [4.69, 9.17) is 0 Å². The van der Waals surface area contributed by atoms with Crippen LogP contribution < -0.4 is 4.90 Å². The number of alkyl halides is 3. The summed E-state index contributed by atoms with van der Waals surface area (Å²) in [6.07, 6.45) is -0.965. The number of benzene rings is 2. The highest BCUT2D eigenvalue weighted by molar-refractivity contribution is 6.02. The normalized spacial score (nSPS) is 17.3. The molecular weight excluding hydrogens is 407 g/mol. The van der Waals surface area contributed by atoms with Gasteiger partial charge in [0, 0.05) is 19.0 Å². The number of aromatic nitrogens is 6. The molecule has 2 aromatic heterocycles. The van der Waals surface area contributed by atoms with Gasteiger partial charge in [-0.3, -0.25) is 0 Å². The Morgan fingerprint density at radius 3 is 2.61 bits per heavy atom. The number of fused-ring (bicyclic) bond motifs is 1. The number of H-pyrrole nitrogens is 1. The fraction of sp³-hybridized carbons (Fsp3) is 0.286. The van der Waals surface area contributed by atoms with Crippen molar-refractivity contribution < 1.29 is 13.2 Å². The topological polar surface area (TPSA) is 83.5 Å². The minimum absolute atomic E-state index is 0.121. The summed E-state index contributed by atoms with van der Waals surface area (Å²) >= 11 is 0. The molecule has 1 fully saturated rings. The number of rotatable bonds is 3. The summed E-state index contributed by atoms with van der Waals surface area (Å²) < 4.78 is 39.0. The molecule has 2 aromatic carbocycles. The summed E-state index contributed by atoms with van der Waals surface area (Å²) in [6, 6.07) is 10.8. The first kappa shape index (κ1) is 19.4. The fourth-order valence-electron chi connectivity index (χ4n) is 4.13. The molecule has 1 aliphatic rings. The second-order valence-corrected chi connectivity index (χ2v) is 7.53. The first-order valence-corrected chi connectivity index (χ1v) is 9.90. The van der Waals surface area contributed by atoms with Crippen molar-refractivity contribution in [2.24, 2.45) is 0 Å². The van der Waals surface area contributed by atoms with Gasteiger partial charge in [-0.2, -0.15) is 18.4 Å². The lowest BCUT2D eigenvalue weighted by atomic mass is 9.95. The highest BCUT2D eigenvalue weighted by Gasteiger charge is 2.30. The van der Waals surface area contributed by atoms with Crippen LogP contribution in [0.2, 0.25) is 0 Å². The van der Waals surface area contributed by atoms with Crippen LogP contribution in [0.4, 0.5) is 19.0 Å². The minimum Gasteiger partial charge on any atom is -0.355 e. The number of halogens is 3. The second-order valence-electron chi connectivity index (χ2n) is 7.53. The van der Waals surface area contributed by atoms with Crippen LogP contribution in [0.5, 0.6) is 0 Å². The summed E-state index contributed by atoms with van der Waals surface area (Å²) in [5.41, 5.74) is 1.54. The first-order valence-electron chi connectivity index (χ1n) is 9.90. The maximum absolute atomic E-state index is 13.0. The molecule has 3 heterocycles. The molecular formula is C21H18F3N7. The maximum atomic E-state index is 13.0. The van der Waals surface area contributed by atoms with Gasteiger partial charge in [0.15, 0.2) is 5.82 Å². The summed E-state index contributed by atoms with van der Waals surface area (Å²) in [5.74, 6) is 1.55. The minimum atomic E-state index is -4.37. The third-order valence-electron chi connectivity index (χ3n) is 5.61. The Balaban J connectivity index is 1.57. The Bertz CT molecular complexity index is 1180. The van der Waals surface area contributed by atoms with Crippen LogP contribution in [0.25, 0.3) is 22.0 Å². The average Bonchev–Trinajstić information content (AvgIpc) is 3.33. The number of hydrogen-bond acceptors (Lipinski definition) is 6. The van der Waals surface area contributed by atoms with Crippen LogP contribution in [0, 0.1) is 0 Å². The average molecular weight is 425 g/mol. The van der Waals surface area contributed by atoms with Crippen LogP contribution in [0.1, 0.15) is 30.1 Å². The van der Waals surface area contributed by atoms with Crippen molar-refractivity contribution in [3.63, 3.8) is 0 Å². The number of aromatic amines is 1. The predicted octanol–water partition coefficient (Wildman–Crippen LogP) is 4.21. The molecule has 1 N–H and O–H groups in total. The standard InChI is InChI=1S/C21H18F3N7/c22-21(23,24)15-8-6-13(7-9-15)16-4-1-5-17-18(16)20(26-12-25-17)31-10-2-3-14(11-31)19-27-29-30-28-19/h1,4-9,12,14H,2-3,10-11H2,(H,27,28,29,30). The molecule has 10 heteroatoms. The van der Waals surface area contributed by atoms with Crippen molar-refractivity contribution in [3.8, 4) is 11.1 Å². The maximum Gasteiger partial charge on any atom is 0.416 e. The number of nitrogens with zero attached hydrogens (tertiary/aromatic N) is 6.